The molecule has 0 saturated heterocycles. The van der Waals surface area contributed by atoms with Crippen molar-refractivity contribution in [1.29, 1.82) is 0 Å². The van der Waals surface area contributed by atoms with Crippen LogP contribution in [0.5, 0.6) is 0 Å². The number of aliphatic hydroxyl groups is 1. The van der Waals surface area contributed by atoms with Crippen molar-refractivity contribution >= 4 is 41.4 Å². The van der Waals surface area contributed by atoms with Crippen LogP contribution >= 0.6 is 0 Å². The van der Waals surface area contributed by atoms with Crippen LogP contribution in [0, 0.1) is 0 Å². The number of ether oxygens (including phenoxy) is 2. The van der Waals surface area contributed by atoms with Crippen molar-refractivity contribution in [3.63, 3.8) is 0 Å². The molecule has 226 valence electrons. The third kappa shape index (κ3) is 9.09. The lowest BCUT2D eigenvalue weighted by atomic mass is 9.77. The van der Waals surface area contributed by atoms with Crippen LogP contribution in [0.2, 0.25) is 0 Å². The summed E-state index contributed by atoms with van der Waals surface area (Å²) in [4.78, 5) is 63.2. The van der Waals surface area contributed by atoms with E-state index in [1.54, 1.807) is 60.7 Å². The molecule has 0 bridgehead atoms. The van der Waals surface area contributed by atoms with E-state index in [1.165, 1.54) is 6.92 Å². The first-order valence-electron chi connectivity index (χ1n) is 13.4. The molecular weight excluding hydrogens is 548 g/mol. The van der Waals surface area contributed by atoms with E-state index in [0.29, 0.717) is 24.3 Å². The van der Waals surface area contributed by atoms with E-state index in [-0.39, 0.29) is 0 Å². The van der Waals surface area contributed by atoms with Crippen LogP contribution < -0.4 is 32.3 Å². The number of para-hydroxylation sites is 2. The molecule has 1 aliphatic carbocycles. The fourth-order valence-corrected chi connectivity index (χ4v) is 4.32. The van der Waals surface area contributed by atoms with Crippen LogP contribution in [0.4, 0.5) is 25.8 Å². The van der Waals surface area contributed by atoms with E-state index in [1.807, 2.05) is 6.92 Å². The van der Waals surface area contributed by atoms with Gasteiger partial charge in [0.25, 0.3) is 5.91 Å². The number of nitrogens with one attached hydrogen (secondary N) is 5. The zero-order valence-electron chi connectivity index (χ0n) is 23.3. The lowest BCUT2D eigenvalue weighted by Crippen LogP contribution is -2.66. The van der Waals surface area contributed by atoms with Gasteiger partial charge in [-0.05, 0) is 37.6 Å². The van der Waals surface area contributed by atoms with Crippen molar-refractivity contribution in [3.8, 4) is 0 Å². The Morgan fingerprint density at radius 2 is 1.48 bits per heavy atom. The smallest absolute Gasteiger partial charge is 0.412 e. The third-order valence-electron chi connectivity index (χ3n) is 6.45. The molecule has 2 aromatic carbocycles. The van der Waals surface area contributed by atoms with Gasteiger partial charge >= 0.3 is 18.2 Å². The minimum atomic E-state index is -2.26. The van der Waals surface area contributed by atoms with Gasteiger partial charge in [-0.25, -0.2) is 14.4 Å². The number of hydrogen-bond acceptors (Lipinski definition) is 8. The first kappa shape index (κ1) is 31.7. The van der Waals surface area contributed by atoms with Gasteiger partial charge in [-0.15, -0.1) is 0 Å². The van der Waals surface area contributed by atoms with Gasteiger partial charge in [0.2, 0.25) is 5.91 Å². The molecule has 8 N–H and O–H groups in total. The molecule has 5 atom stereocenters. The van der Waals surface area contributed by atoms with Crippen molar-refractivity contribution in [1.82, 2.24) is 16.0 Å². The van der Waals surface area contributed by atoms with E-state index in [2.05, 4.69) is 26.6 Å². The molecule has 0 radical (unpaired) electrons. The van der Waals surface area contributed by atoms with Gasteiger partial charge in [0.15, 0.2) is 6.10 Å². The molecule has 0 aliphatic heterocycles. The van der Waals surface area contributed by atoms with Crippen LogP contribution in [-0.2, 0) is 19.1 Å². The molecule has 1 saturated carbocycles. The monoisotopic (exact) mass is 584 g/mol. The molecule has 5 unspecified atom stereocenters. The maximum Gasteiger partial charge on any atom is 0.412 e. The Balaban J connectivity index is 1.92. The molecule has 0 aromatic heterocycles. The molecule has 1 fully saturated rings. The molecule has 0 spiro atoms. The summed E-state index contributed by atoms with van der Waals surface area (Å²) >= 11 is 0. The van der Waals surface area contributed by atoms with Crippen LogP contribution in [0.25, 0.3) is 0 Å². The number of anilines is 2. The second-order valence-electron chi connectivity index (χ2n) is 9.84. The Bertz CT molecular complexity index is 1250. The summed E-state index contributed by atoms with van der Waals surface area (Å²) in [6.07, 6.45) is -5.03. The highest BCUT2D eigenvalue weighted by atomic mass is 16.6. The average molecular weight is 585 g/mol. The first-order chi connectivity index (χ1) is 20.0. The lowest BCUT2D eigenvalue weighted by molar-refractivity contribution is -0.158. The SMILES string of the molecule is CCCNC(=O)NC1CC(O)(C(=O)NC(C)C(N)=O)CC(OC(=O)Nc2ccccc2)C1OC(=O)Nc1ccccc1. The lowest BCUT2D eigenvalue weighted by Gasteiger charge is -2.44. The zero-order valence-corrected chi connectivity index (χ0v) is 23.3. The van der Waals surface area contributed by atoms with Crippen LogP contribution in [0.1, 0.15) is 33.1 Å². The van der Waals surface area contributed by atoms with E-state index in [4.69, 9.17) is 15.2 Å². The number of carbonyl (C=O) groups is 5. The minimum absolute atomic E-state index is 0.318. The fourth-order valence-electron chi connectivity index (χ4n) is 4.32. The largest absolute Gasteiger partial charge is 0.442 e. The summed E-state index contributed by atoms with van der Waals surface area (Å²) in [5, 5.41) is 24.1. The Morgan fingerprint density at radius 1 is 0.929 bits per heavy atom. The highest BCUT2D eigenvalue weighted by Crippen LogP contribution is 2.34. The van der Waals surface area contributed by atoms with Crippen molar-refractivity contribution in [2.24, 2.45) is 5.73 Å². The van der Waals surface area contributed by atoms with Crippen molar-refractivity contribution < 1.29 is 38.6 Å². The predicted molar refractivity (Wildman–Crippen MR) is 152 cm³/mol. The van der Waals surface area contributed by atoms with Gasteiger partial charge in [0.05, 0.1) is 6.04 Å². The number of hydrogen-bond donors (Lipinski definition) is 7. The number of benzene rings is 2. The molecule has 42 heavy (non-hydrogen) atoms. The second kappa shape index (κ2) is 14.7. The minimum Gasteiger partial charge on any atom is -0.442 e. The number of amides is 6. The third-order valence-corrected chi connectivity index (χ3v) is 6.45. The Hall–Kier alpha value is -4.85. The second-order valence-corrected chi connectivity index (χ2v) is 9.84. The molecule has 14 nitrogen and oxygen atoms in total. The molecular formula is C28H36N6O8. The number of rotatable bonds is 10. The van der Waals surface area contributed by atoms with Gasteiger partial charge in [0, 0.05) is 30.8 Å². The molecule has 0 heterocycles. The molecule has 2 aromatic rings. The summed E-state index contributed by atoms with van der Waals surface area (Å²) in [6, 6.07) is 13.7. The summed E-state index contributed by atoms with van der Waals surface area (Å²) in [5.74, 6) is -1.83. The maximum atomic E-state index is 13.2. The van der Waals surface area contributed by atoms with Crippen molar-refractivity contribution in [2.75, 3.05) is 17.2 Å². The first-order valence-corrected chi connectivity index (χ1v) is 13.4. The average Bonchev–Trinajstić information content (AvgIpc) is 2.94. The fraction of sp³-hybridized carbons (Fsp3) is 0.393. The highest BCUT2D eigenvalue weighted by Gasteiger charge is 2.53. The van der Waals surface area contributed by atoms with E-state index >= 15 is 0 Å². The van der Waals surface area contributed by atoms with Gasteiger partial charge in [-0.2, -0.15) is 0 Å². The highest BCUT2D eigenvalue weighted by molar-refractivity contribution is 5.91. The van der Waals surface area contributed by atoms with Crippen molar-refractivity contribution in [3.05, 3.63) is 60.7 Å². The summed E-state index contributed by atoms with van der Waals surface area (Å²) in [7, 11) is 0. The zero-order chi connectivity index (χ0) is 30.7. The molecule has 14 heteroatoms. The molecule has 6 amide bonds. The summed E-state index contributed by atoms with van der Waals surface area (Å²) in [6.45, 7) is 3.50. The number of carbonyl (C=O) groups excluding carboxylic acids is 5. The van der Waals surface area contributed by atoms with Crippen LogP contribution in [-0.4, -0.2) is 71.6 Å². The number of primary amides is 1. The molecule has 1 aliphatic rings. The van der Waals surface area contributed by atoms with Gasteiger partial charge in [-0.3, -0.25) is 20.2 Å². The Kier molecular flexibility index (Phi) is 11.1. The maximum absolute atomic E-state index is 13.2. The topological polar surface area (TPSA) is 210 Å². The normalized spacial score (nSPS) is 22.0. The number of nitrogens with two attached hydrogens (primary N) is 1. The van der Waals surface area contributed by atoms with Crippen LogP contribution in [0.15, 0.2) is 60.7 Å². The van der Waals surface area contributed by atoms with E-state index in [9.17, 15) is 29.1 Å². The number of urea groups is 1. The summed E-state index contributed by atoms with van der Waals surface area (Å²) < 4.78 is 11.2. The molecule has 3 rings (SSSR count). The van der Waals surface area contributed by atoms with Gasteiger partial charge in [-0.1, -0.05) is 43.3 Å². The van der Waals surface area contributed by atoms with E-state index in [0.717, 1.165) is 0 Å². The standard InChI is InChI=1S/C28H36N6O8/c1-3-14-30-25(37)34-20-15-28(40,24(36)31-17(2)23(29)35)16-21(41-26(38)32-18-10-6-4-7-11-18)22(20)42-27(39)33-19-12-8-5-9-13-19/h4-13,17,20-22,40H,3,14-16H2,1-2H3,(H2,29,35)(H,31,36)(H,32,38)(H,33,39)(H2,30,34,37). The van der Waals surface area contributed by atoms with E-state index < -0.39 is 72.8 Å². The summed E-state index contributed by atoms with van der Waals surface area (Å²) in [5.41, 5.74) is 3.81. The Morgan fingerprint density at radius 3 is 2.00 bits per heavy atom. The van der Waals surface area contributed by atoms with Crippen molar-refractivity contribution in [2.45, 2.75) is 63.0 Å². The Labute approximate surface area is 242 Å². The van der Waals surface area contributed by atoms with Gasteiger partial charge in [0.1, 0.15) is 17.7 Å². The predicted octanol–water partition coefficient (Wildman–Crippen LogP) is 1.81. The quantitative estimate of drug-likeness (QED) is 0.218. The van der Waals surface area contributed by atoms with Crippen LogP contribution in [0.3, 0.4) is 0 Å². The van der Waals surface area contributed by atoms with Gasteiger partial charge < -0.3 is 36.3 Å².